The van der Waals surface area contributed by atoms with E-state index >= 15 is 0 Å². The van der Waals surface area contributed by atoms with E-state index in [2.05, 4.69) is 40.4 Å². The summed E-state index contributed by atoms with van der Waals surface area (Å²) in [5.41, 5.74) is 3.41. The molecule has 2 unspecified atom stereocenters. The van der Waals surface area contributed by atoms with E-state index < -0.39 is 0 Å². The van der Waals surface area contributed by atoms with Crippen LogP contribution in [0.4, 0.5) is 5.69 Å². The van der Waals surface area contributed by atoms with Gasteiger partial charge in [-0.15, -0.1) is 0 Å². The third-order valence-corrected chi connectivity index (χ3v) is 4.64. The fraction of sp³-hybridized carbons (Fsp3) is 0.588. The third kappa shape index (κ3) is 2.97. The molecule has 108 valence electrons. The molecule has 3 nitrogen and oxygen atoms in total. The van der Waals surface area contributed by atoms with Crippen molar-refractivity contribution in [1.29, 1.82) is 0 Å². The van der Waals surface area contributed by atoms with Crippen molar-refractivity contribution in [2.45, 2.75) is 58.4 Å². The Hall–Kier alpha value is -1.51. The van der Waals surface area contributed by atoms with E-state index in [9.17, 15) is 0 Å². The van der Waals surface area contributed by atoms with Crippen LogP contribution in [0.1, 0.15) is 51.3 Å². The Kier molecular flexibility index (Phi) is 3.95. The number of aryl methyl sites for hydroxylation is 1. The molecule has 3 heteroatoms. The van der Waals surface area contributed by atoms with Gasteiger partial charge < -0.3 is 10.3 Å². The summed E-state index contributed by atoms with van der Waals surface area (Å²) < 4.78 is 0. The minimum absolute atomic E-state index is 0.632. The molecule has 0 radical (unpaired) electrons. The van der Waals surface area contributed by atoms with Crippen molar-refractivity contribution >= 4 is 16.7 Å². The van der Waals surface area contributed by atoms with Gasteiger partial charge in [-0.25, -0.2) is 4.98 Å². The van der Waals surface area contributed by atoms with Crippen LogP contribution in [0.25, 0.3) is 11.0 Å². The van der Waals surface area contributed by atoms with Gasteiger partial charge in [0.1, 0.15) is 5.82 Å². The Morgan fingerprint density at radius 3 is 3.00 bits per heavy atom. The molecule has 1 aromatic carbocycles. The summed E-state index contributed by atoms with van der Waals surface area (Å²) >= 11 is 0. The first kappa shape index (κ1) is 13.5. The first-order valence-electron chi connectivity index (χ1n) is 7.97. The predicted molar refractivity (Wildman–Crippen MR) is 85.1 cm³/mol. The van der Waals surface area contributed by atoms with E-state index in [0.717, 1.165) is 22.8 Å². The first-order valence-corrected chi connectivity index (χ1v) is 7.97. The highest BCUT2D eigenvalue weighted by atomic mass is 14.9. The van der Waals surface area contributed by atoms with Crippen LogP contribution in [0.2, 0.25) is 0 Å². The number of fused-ring (bicyclic) bond motifs is 1. The number of hydrogen-bond acceptors (Lipinski definition) is 2. The van der Waals surface area contributed by atoms with Gasteiger partial charge in [-0.2, -0.15) is 0 Å². The average Bonchev–Trinajstić information content (AvgIpc) is 2.66. The van der Waals surface area contributed by atoms with E-state index in [0.29, 0.717) is 6.04 Å². The van der Waals surface area contributed by atoms with Crippen LogP contribution in [0, 0.1) is 12.8 Å². The number of hydrogen-bond donors (Lipinski definition) is 2. The van der Waals surface area contributed by atoms with Crippen molar-refractivity contribution < 1.29 is 0 Å². The van der Waals surface area contributed by atoms with E-state index in [4.69, 9.17) is 0 Å². The molecule has 1 heterocycles. The molecule has 0 spiro atoms. The number of H-pyrrole nitrogens is 1. The maximum atomic E-state index is 4.45. The summed E-state index contributed by atoms with van der Waals surface area (Å²) in [6, 6.07) is 7.09. The maximum Gasteiger partial charge on any atom is 0.104 e. The molecule has 2 N–H and O–H groups in total. The summed E-state index contributed by atoms with van der Waals surface area (Å²) in [5, 5.41) is 3.72. The van der Waals surface area contributed by atoms with Gasteiger partial charge in [0.2, 0.25) is 0 Å². The van der Waals surface area contributed by atoms with Crippen molar-refractivity contribution in [3.05, 3.63) is 24.0 Å². The molecule has 1 fully saturated rings. The lowest BCUT2D eigenvalue weighted by molar-refractivity contribution is 0.444. The molecule has 1 aliphatic rings. The quantitative estimate of drug-likeness (QED) is 0.798. The van der Waals surface area contributed by atoms with E-state index in [-0.39, 0.29) is 0 Å². The van der Waals surface area contributed by atoms with Crippen LogP contribution in [0.3, 0.4) is 0 Å². The third-order valence-electron chi connectivity index (χ3n) is 4.64. The number of rotatable bonds is 3. The van der Waals surface area contributed by atoms with E-state index in [1.807, 2.05) is 6.92 Å². The topological polar surface area (TPSA) is 40.7 Å². The minimum Gasteiger partial charge on any atom is -0.382 e. The van der Waals surface area contributed by atoms with E-state index in [1.54, 1.807) is 0 Å². The van der Waals surface area contributed by atoms with Gasteiger partial charge in [-0.05, 0) is 50.3 Å². The molecule has 3 rings (SSSR count). The molecule has 0 bridgehead atoms. The molecule has 1 saturated carbocycles. The zero-order chi connectivity index (χ0) is 13.9. The zero-order valence-corrected chi connectivity index (χ0v) is 12.6. The number of nitrogens with one attached hydrogen (secondary N) is 2. The number of aromatic amines is 1. The van der Waals surface area contributed by atoms with Crippen LogP contribution in [0.5, 0.6) is 0 Å². The van der Waals surface area contributed by atoms with Gasteiger partial charge in [-0.1, -0.05) is 26.2 Å². The molecular formula is C17H25N3. The van der Waals surface area contributed by atoms with Gasteiger partial charge in [0.15, 0.2) is 0 Å². The minimum atomic E-state index is 0.632. The van der Waals surface area contributed by atoms with Crippen LogP contribution in [-0.4, -0.2) is 16.0 Å². The molecule has 0 aliphatic heterocycles. The van der Waals surface area contributed by atoms with Crippen LogP contribution < -0.4 is 5.32 Å². The van der Waals surface area contributed by atoms with Crippen molar-refractivity contribution in [2.75, 3.05) is 5.32 Å². The first-order chi connectivity index (χ1) is 9.74. The Bertz CT molecular complexity index is 573. The maximum absolute atomic E-state index is 4.45. The number of anilines is 1. The van der Waals surface area contributed by atoms with Gasteiger partial charge in [0, 0.05) is 11.7 Å². The molecule has 2 aromatic rings. The van der Waals surface area contributed by atoms with Crippen LogP contribution in [-0.2, 0) is 0 Å². The molecule has 1 aromatic heterocycles. The molecular weight excluding hydrogens is 246 g/mol. The second kappa shape index (κ2) is 5.86. The SMILES string of the molecule is CCC1CCCC(Nc2ccc3nc(C)[nH]c3c2)CC1. The highest BCUT2D eigenvalue weighted by Gasteiger charge is 2.17. The van der Waals surface area contributed by atoms with E-state index in [1.165, 1.54) is 44.2 Å². The molecule has 0 amide bonds. The predicted octanol–water partition coefficient (Wildman–Crippen LogP) is 4.64. The van der Waals surface area contributed by atoms with Gasteiger partial charge >= 0.3 is 0 Å². The Morgan fingerprint density at radius 2 is 2.15 bits per heavy atom. The van der Waals surface area contributed by atoms with Gasteiger partial charge in [0.05, 0.1) is 11.0 Å². The molecule has 20 heavy (non-hydrogen) atoms. The number of imidazole rings is 1. The van der Waals surface area contributed by atoms with Crippen LogP contribution in [0.15, 0.2) is 18.2 Å². The van der Waals surface area contributed by atoms with Crippen molar-refractivity contribution in [1.82, 2.24) is 9.97 Å². The highest BCUT2D eigenvalue weighted by Crippen LogP contribution is 2.28. The summed E-state index contributed by atoms with van der Waals surface area (Å²) in [5.74, 6) is 1.93. The zero-order valence-electron chi connectivity index (χ0n) is 12.6. The summed E-state index contributed by atoms with van der Waals surface area (Å²) in [6.45, 7) is 4.33. The molecule has 0 saturated heterocycles. The Balaban J connectivity index is 1.69. The Labute approximate surface area is 121 Å². The summed E-state index contributed by atoms with van der Waals surface area (Å²) in [4.78, 5) is 7.77. The van der Waals surface area contributed by atoms with Crippen molar-refractivity contribution in [3.8, 4) is 0 Å². The summed E-state index contributed by atoms with van der Waals surface area (Å²) in [7, 11) is 0. The van der Waals surface area contributed by atoms with Gasteiger partial charge in [0.25, 0.3) is 0 Å². The fourth-order valence-electron chi connectivity index (χ4n) is 3.39. The number of benzene rings is 1. The fourth-order valence-corrected chi connectivity index (χ4v) is 3.39. The number of aromatic nitrogens is 2. The van der Waals surface area contributed by atoms with Crippen molar-refractivity contribution in [2.24, 2.45) is 5.92 Å². The molecule has 2 atom stereocenters. The lowest BCUT2D eigenvalue weighted by Crippen LogP contribution is -2.18. The van der Waals surface area contributed by atoms with Crippen LogP contribution >= 0.6 is 0 Å². The molecule has 1 aliphatic carbocycles. The standard InChI is InChI=1S/C17H25N3/c1-3-13-5-4-6-14(8-7-13)20-15-9-10-16-17(11-15)19-12(2)18-16/h9-11,13-14,20H,3-8H2,1-2H3,(H,18,19). The number of nitrogens with zero attached hydrogens (tertiary/aromatic N) is 1. The lowest BCUT2D eigenvalue weighted by atomic mass is 9.98. The normalized spacial score (nSPS) is 23.7. The van der Waals surface area contributed by atoms with Crippen molar-refractivity contribution in [3.63, 3.8) is 0 Å². The largest absolute Gasteiger partial charge is 0.382 e. The highest BCUT2D eigenvalue weighted by molar-refractivity contribution is 5.79. The Morgan fingerprint density at radius 1 is 1.25 bits per heavy atom. The van der Waals surface area contributed by atoms with Gasteiger partial charge in [-0.3, -0.25) is 0 Å². The smallest absolute Gasteiger partial charge is 0.104 e. The lowest BCUT2D eigenvalue weighted by Gasteiger charge is -2.18. The average molecular weight is 271 g/mol. The second-order valence-electron chi connectivity index (χ2n) is 6.18. The monoisotopic (exact) mass is 271 g/mol. The second-order valence-corrected chi connectivity index (χ2v) is 6.18. The summed E-state index contributed by atoms with van der Waals surface area (Å²) in [6.07, 6.45) is 8.09.